The van der Waals surface area contributed by atoms with E-state index in [9.17, 15) is 13.2 Å². The largest absolute Gasteiger partial charge is 0.326 e. The zero-order valence-corrected chi connectivity index (χ0v) is 22.5. The van der Waals surface area contributed by atoms with Crippen LogP contribution in [0.15, 0.2) is 65.6 Å². The number of benzene rings is 2. The second-order valence-electron chi connectivity index (χ2n) is 10.5. The summed E-state index contributed by atoms with van der Waals surface area (Å²) in [6, 6.07) is 14.3. The van der Waals surface area contributed by atoms with Crippen molar-refractivity contribution in [1.82, 2.24) is 14.5 Å². The summed E-state index contributed by atoms with van der Waals surface area (Å²) in [6.07, 6.45) is 4.61. The maximum Gasteiger partial charge on any atom is 0.241 e. The lowest BCUT2D eigenvalue weighted by molar-refractivity contribution is -0.114. The van der Waals surface area contributed by atoms with Gasteiger partial charge in [0.15, 0.2) is 0 Å². The molecule has 7 nitrogen and oxygen atoms in total. The van der Waals surface area contributed by atoms with Crippen molar-refractivity contribution in [2.24, 2.45) is 0 Å². The predicted molar refractivity (Wildman–Crippen MR) is 143 cm³/mol. The summed E-state index contributed by atoms with van der Waals surface area (Å²) in [6.45, 7) is 12.1. The number of hydrogen-bond acceptors (Lipinski definition) is 4. The molecule has 2 atom stereocenters. The Bertz CT molecular complexity index is 1400. The molecule has 2 N–H and O–H groups in total. The fourth-order valence-electron chi connectivity index (χ4n) is 4.73. The molecule has 36 heavy (non-hydrogen) atoms. The molecular weight excluding hydrogens is 472 g/mol. The summed E-state index contributed by atoms with van der Waals surface area (Å²) in [7, 11) is -3.70. The molecule has 1 heterocycles. The van der Waals surface area contributed by atoms with Crippen molar-refractivity contribution in [1.29, 1.82) is 0 Å². The van der Waals surface area contributed by atoms with Crippen LogP contribution < -0.4 is 10.0 Å². The maximum atomic E-state index is 12.9. The highest BCUT2D eigenvalue weighted by Gasteiger charge is 2.29. The first-order valence-corrected chi connectivity index (χ1v) is 13.6. The molecule has 2 aromatic carbocycles. The van der Waals surface area contributed by atoms with Gasteiger partial charge in [-0.2, -0.15) is 5.10 Å². The van der Waals surface area contributed by atoms with E-state index < -0.39 is 10.0 Å². The quantitative estimate of drug-likeness (QED) is 0.453. The Kier molecular flexibility index (Phi) is 6.94. The third-order valence-corrected chi connectivity index (χ3v) is 8.08. The van der Waals surface area contributed by atoms with Crippen LogP contribution in [0.25, 0.3) is 5.69 Å². The van der Waals surface area contributed by atoms with E-state index in [4.69, 9.17) is 5.10 Å². The Balaban J connectivity index is 1.48. The van der Waals surface area contributed by atoms with E-state index in [1.165, 1.54) is 24.6 Å². The third kappa shape index (κ3) is 5.44. The summed E-state index contributed by atoms with van der Waals surface area (Å²) in [5.41, 5.74) is 6.06. The van der Waals surface area contributed by atoms with Crippen LogP contribution in [0, 0.1) is 13.8 Å². The van der Waals surface area contributed by atoms with Gasteiger partial charge in [0.05, 0.1) is 16.3 Å². The number of carbonyl (C=O) groups excluding carboxylic acids is 1. The van der Waals surface area contributed by atoms with E-state index in [1.807, 2.05) is 17.7 Å². The van der Waals surface area contributed by atoms with E-state index >= 15 is 0 Å². The Morgan fingerprint density at radius 2 is 1.64 bits per heavy atom. The molecule has 1 aromatic heterocycles. The van der Waals surface area contributed by atoms with Crippen molar-refractivity contribution >= 4 is 21.6 Å². The van der Waals surface area contributed by atoms with Gasteiger partial charge in [-0.3, -0.25) is 4.79 Å². The summed E-state index contributed by atoms with van der Waals surface area (Å²) >= 11 is 0. The normalized spacial score (nSPS) is 17.9. The summed E-state index contributed by atoms with van der Waals surface area (Å²) < 4.78 is 30.6. The maximum absolute atomic E-state index is 12.9. The smallest absolute Gasteiger partial charge is 0.241 e. The van der Waals surface area contributed by atoms with Crippen molar-refractivity contribution in [2.75, 3.05) is 5.32 Å². The van der Waals surface area contributed by atoms with Gasteiger partial charge < -0.3 is 5.32 Å². The fraction of sp³-hybridized carbons (Fsp3) is 0.357. The topological polar surface area (TPSA) is 93.1 Å². The van der Waals surface area contributed by atoms with Crippen molar-refractivity contribution < 1.29 is 13.2 Å². The molecule has 0 fully saturated rings. The number of rotatable bonds is 6. The number of allylic oxidation sites excluding steroid dienone is 1. The molecule has 1 amide bonds. The SMILES string of the molecule is CC(=O)Nc1ccc(S(=O)(=O)N[C@@H]2C=C[C@H](c3c(C)nn(-c4ccc(C(C)(C)C)cc4)c3C)C2)cc1. The first kappa shape index (κ1) is 25.9. The fourth-order valence-corrected chi connectivity index (χ4v) is 5.94. The summed E-state index contributed by atoms with van der Waals surface area (Å²) in [5.74, 6) is -0.135. The van der Waals surface area contributed by atoms with Crippen LogP contribution in [-0.2, 0) is 20.2 Å². The minimum atomic E-state index is -3.70. The molecule has 0 spiro atoms. The van der Waals surface area contributed by atoms with E-state index in [0.717, 1.165) is 22.6 Å². The van der Waals surface area contributed by atoms with Crippen LogP contribution in [0.5, 0.6) is 0 Å². The van der Waals surface area contributed by atoms with E-state index in [-0.39, 0.29) is 28.2 Å². The highest BCUT2D eigenvalue weighted by molar-refractivity contribution is 7.89. The average molecular weight is 507 g/mol. The van der Waals surface area contributed by atoms with Crippen LogP contribution in [0.4, 0.5) is 5.69 Å². The van der Waals surface area contributed by atoms with Gasteiger partial charge in [0.1, 0.15) is 0 Å². The van der Waals surface area contributed by atoms with Gasteiger partial charge >= 0.3 is 0 Å². The van der Waals surface area contributed by atoms with Crippen LogP contribution in [-0.4, -0.2) is 30.1 Å². The second-order valence-corrected chi connectivity index (χ2v) is 12.2. The Labute approximate surface area is 213 Å². The standard InChI is InChI=1S/C28H34N4O3S/c1-18-27(19(2)32(30-18)25-13-8-22(9-14-25)28(4,5)6)21-7-10-24(17-21)31-36(34,35)26-15-11-23(12-16-26)29-20(3)33/h7-16,21,24,31H,17H2,1-6H3,(H,29,33)/t21-,24+/m0/s1. The summed E-state index contributed by atoms with van der Waals surface area (Å²) in [4.78, 5) is 11.4. The second kappa shape index (κ2) is 9.67. The number of nitrogens with zero attached hydrogens (tertiary/aromatic N) is 2. The lowest BCUT2D eigenvalue weighted by atomic mass is 9.87. The molecule has 4 rings (SSSR count). The summed E-state index contributed by atoms with van der Waals surface area (Å²) in [5, 5.41) is 7.45. The van der Waals surface area contributed by atoms with Crippen molar-refractivity contribution in [2.45, 2.75) is 70.2 Å². The van der Waals surface area contributed by atoms with Gasteiger partial charge in [0.2, 0.25) is 15.9 Å². The Hall–Kier alpha value is -3.23. The third-order valence-electron chi connectivity index (χ3n) is 6.57. The minimum Gasteiger partial charge on any atom is -0.326 e. The van der Waals surface area contributed by atoms with E-state index in [0.29, 0.717) is 12.1 Å². The molecule has 8 heteroatoms. The molecule has 0 radical (unpaired) electrons. The molecule has 0 unspecified atom stereocenters. The number of aryl methyl sites for hydroxylation is 1. The van der Waals surface area contributed by atoms with Gasteiger partial charge in [-0.05, 0) is 67.6 Å². The number of amides is 1. The highest BCUT2D eigenvalue weighted by Crippen LogP contribution is 2.34. The number of hydrogen-bond donors (Lipinski definition) is 2. The molecule has 0 aliphatic heterocycles. The van der Waals surface area contributed by atoms with Gasteiger partial charge in [-0.15, -0.1) is 0 Å². The van der Waals surface area contributed by atoms with E-state index in [2.05, 4.69) is 68.1 Å². The lowest BCUT2D eigenvalue weighted by Gasteiger charge is -2.19. The van der Waals surface area contributed by atoms with Crippen molar-refractivity contribution in [3.05, 3.63) is 83.2 Å². The molecule has 190 valence electrons. The zero-order valence-electron chi connectivity index (χ0n) is 21.7. The molecular formula is C28H34N4O3S. The highest BCUT2D eigenvalue weighted by atomic mass is 32.2. The van der Waals surface area contributed by atoms with Crippen LogP contribution >= 0.6 is 0 Å². The number of anilines is 1. The number of sulfonamides is 1. The average Bonchev–Trinajstić information content (AvgIpc) is 3.35. The number of aromatic nitrogens is 2. The number of nitrogens with one attached hydrogen (secondary N) is 2. The molecule has 3 aromatic rings. The molecule has 0 saturated carbocycles. The first-order valence-electron chi connectivity index (χ1n) is 12.1. The van der Waals surface area contributed by atoms with Gasteiger partial charge in [0.25, 0.3) is 0 Å². The van der Waals surface area contributed by atoms with Gasteiger partial charge in [-0.1, -0.05) is 45.1 Å². The number of carbonyl (C=O) groups is 1. The monoisotopic (exact) mass is 506 g/mol. The molecule has 1 aliphatic rings. The van der Waals surface area contributed by atoms with E-state index in [1.54, 1.807) is 12.1 Å². The van der Waals surface area contributed by atoms with Gasteiger partial charge in [0, 0.05) is 35.8 Å². The molecule has 1 aliphatic carbocycles. The molecule has 0 saturated heterocycles. The Morgan fingerprint density at radius 3 is 2.22 bits per heavy atom. The van der Waals surface area contributed by atoms with Gasteiger partial charge in [-0.25, -0.2) is 17.8 Å². The molecule has 0 bridgehead atoms. The lowest BCUT2D eigenvalue weighted by Crippen LogP contribution is -2.32. The van der Waals surface area contributed by atoms with Crippen LogP contribution in [0.2, 0.25) is 0 Å². The zero-order chi connectivity index (χ0) is 26.3. The predicted octanol–water partition coefficient (Wildman–Crippen LogP) is 5.14. The van der Waals surface area contributed by atoms with Crippen LogP contribution in [0.3, 0.4) is 0 Å². The van der Waals surface area contributed by atoms with Crippen molar-refractivity contribution in [3.63, 3.8) is 0 Å². The first-order chi connectivity index (χ1) is 16.8. The van der Waals surface area contributed by atoms with Crippen molar-refractivity contribution in [3.8, 4) is 5.69 Å². The Morgan fingerprint density at radius 1 is 1.00 bits per heavy atom. The van der Waals surface area contributed by atoms with Crippen LogP contribution in [0.1, 0.15) is 62.5 Å². The minimum absolute atomic E-state index is 0.0717.